The van der Waals surface area contributed by atoms with E-state index in [1.54, 1.807) is 0 Å². The minimum absolute atomic E-state index is 0.00947. The molecule has 1 rings (SSSR count). The van der Waals surface area contributed by atoms with Gasteiger partial charge in [-0.05, 0) is 95.3 Å². The highest BCUT2D eigenvalue weighted by atomic mass is 16.5. The van der Waals surface area contributed by atoms with Crippen molar-refractivity contribution in [3.8, 4) is 0 Å². The van der Waals surface area contributed by atoms with Crippen molar-refractivity contribution in [2.75, 3.05) is 33.9 Å². The largest absolute Gasteiger partial charge is 0.465 e. The number of unbranched alkanes of at least 4 members (excludes halogenated alkanes) is 9. The number of ether oxygens (including phenoxy) is 3. The van der Waals surface area contributed by atoms with Gasteiger partial charge < -0.3 is 19.1 Å². The number of rotatable bonds is 34. The Balaban J connectivity index is 2.34. The molecule has 1 aromatic rings. The van der Waals surface area contributed by atoms with Crippen LogP contribution >= 0.6 is 0 Å². The van der Waals surface area contributed by atoms with Gasteiger partial charge in [0.2, 0.25) is 0 Å². The van der Waals surface area contributed by atoms with Gasteiger partial charge in [0.05, 0.1) is 13.2 Å². The third-order valence-corrected chi connectivity index (χ3v) is 9.89. The summed E-state index contributed by atoms with van der Waals surface area (Å²) in [6.45, 7) is 11.8. The lowest BCUT2D eigenvalue weighted by molar-refractivity contribution is -0.150. The predicted octanol–water partition coefficient (Wildman–Crippen LogP) is 11.9. The predicted molar refractivity (Wildman–Crippen MR) is 210 cm³/mol. The maximum Gasteiger partial charge on any atom is 0.306 e. The molecule has 1 aromatic carbocycles. The maximum atomic E-state index is 12.6. The molecule has 1 atom stereocenters. The Morgan fingerprint density at radius 3 is 1.92 bits per heavy atom. The van der Waals surface area contributed by atoms with E-state index in [4.69, 9.17) is 14.2 Å². The minimum Gasteiger partial charge on any atom is -0.465 e. The highest BCUT2D eigenvalue weighted by molar-refractivity contribution is 5.69. The molecule has 0 aliphatic heterocycles. The molecular weight excluding hydrogens is 622 g/mol. The Morgan fingerprint density at radius 2 is 1.26 bits per heavy atom. The molecule has 0 saturated heterocycles. The molecule has 0 aromatic heterocycles. The van der Waals surface area contributed by atoms with Crippen LogP contribution in [0.1, 0.15) is 181 Å². The first-order valence-electron chi connectivity index (χ1n) is 20.8. The van der Waals surface area contributed by atoms with Crippen molar-refractivity contribution < 1.29 is 23.8 Å². The Hall–Kier alpha value is -1.92. The molecule has 0 bridgehead atoms. The average Bonchev–Trinajstić information content (AvgIpc) is 3.08. The molecule has 0 saturated carbocycles. The molecule has 0 radical (unpaired) electrons. The van der Waals surface area contributed by atoms with Gasteiger partial charge in [-0.2, -0.15) is 0 Å². The highest BCUT2D eigenvalue weighted by Gasteiger charge is 2.21. The van der Waals surface area contributed by atoms with Crippen LogP contribution in [0.2, 0.25) is 0 Å². The number of hydrogen-bond donors (Lipinski definition) is 0. The molecular formula is C44H79NO5. The fourth-order valence-corrected chi connectivity index (χ4v) is 6.65. The molecule has 0 amide bonds. The summed E-state index contributed by atoms with van der Waals surface area (Å²) in [7, 11) is 4.07. The molecule has 50 heavy (non-hydrogen) atoms. The third-order valence-electron chi connectivity index (χ3n) is 9.89. The van der Waals surface area contributed by atoms with E-state index in [1.165, 1.54) is 69.8 Å². The van der Waals surface area contributed by atoms with E-state index < -0.39 is 0 Å². The highest BCUT2D eigenvalue weighted by Crippen LogP contribution is 2.27. The number of carbonyl (C=O) groups is 2. The summed E-state index contributed by atoms with van der Waals surface area (Å²) >= 11 is 0. The summed E-state index contributed by atoms with van der Waals surface area (Å²) < 4.78 is 17.6. The van der Waals surface area contributed by atoms with Crippen molar-refractivity contribution in [2.24, 2.45) is 11.3 Å². The second kappa shape index (κ2) is 30.7. The fourth-order valence-electron chi connectivity index (χ4n) is 6.65. The van der Waals surface area contributed by atoms with Crippen molar-refractivity contribution in [3.63, 3.8) is 0 Å². The van der Waals surface area contributed by atoms with Crippen LogP contribution in [0, 0.1) is 11.3 Å². The smallest absolute Gasteiger partial charge is 0.306 e. The first-order valence-corrected chi connectivity index (χ1v) is 20.8. The molecule has 6 heteroatoms. The Bertz CT molecular complexity index is 924. The molecule has 0 N–H and O–H groups in total. The van der Waals surface area contributed by atoms with E-state index in [-0.39, 0.29) is 23.5 Å². The third kappa shape index (κ3) is 27.8. The first kappa shape index (κ1) is 46.1. The van der Waals surface area contributed by atoms with E-state index in [0.29, 0.717) is 26.1 Å². The van der Waals surface area contributed by atoms with Crippen LogP contribution in [0.5, 0.6) is 0 Å². The van der Waals surface area contributed by atoms with Gasteiger partial charge in [0.25, 0.3) is 0 Å². The molecule has 0 heterocycles. The fraction of sp³-hybridized carbons (Fsp3) is 0.818. The number of nitrogens with zero attached hydrogens (tertiary/aromatic N) is 1. The van der Waals surface area contributed by atoms with Crippen molar-refractivity contribution in [3.05, 3.63) is 35.9 Å². The Morgan fingerprint density at radius 1 is 0.680 bits per heavy atom. The lowest BCUT2D eigenvalue weighted by Crippen LogP contribution is -2.23. The van der Waals surface area contributed by atoms with Gasteiger partial charge in [-0.25, -0.2) is 0 Å². The van der Waals surface area contributed by atoms with Gasteiger partial charge in [-0.15, -0.1) is 0 Å². The summed E-state index contributed by atoms with van der Waals surface area (Å²) in [5.41, 5.74) is 1.17. The van der Waals surface area contributed by atoms with E-state index in [2.05, 4.69) is 56.9 Å². The number of esters is 2. The van der Waals surface area contributed by atoms with Gasteiger partial charge in [0, 0.05) is 19.4 Å². The summed E-state index contributed by atoms with van der Waals surface area (Å²) in [6, 6.07) is 10.3. The van der Waals surface area contributed by atoms with Gasteiger partial charge >= 0.3 is 11.9 Å². The molecule has 1 unspecified atom stereocenters. The maximum absolute atomic E-state index is 12.6. The topological polar surface area (TPSA) is 65.1 Å². The van der Waals surface area contributed by atoms with Crippen LogP contribution in [-0.2, 0) is 30.4 Å². The Labute approximate surface area is 309 Å². The number of benzene rings is 1. The summed E-state index contributed by atoms with van der Waals surface area (Å²) in [5, 5.41) is 0. The zero-order valence-electron chi connectivity index (χ0n) is 33.6. The van der Waals surface area contributed by atoms with Crippen molar-refractivity contribution >= 4 is 11.9 Å². The molecule has 290 valence electrons. The van der Waals surface area contributed by atoms with E-state index in [9.17, 15) is 9.59 Å². The quantitative estimate of drug-likeness (QED) is 0.0526. The van der Waals surface area contributed by atoms with Crippen LogP contribution in [0.4, 0.5) is 0 Å². The molecule has 0 spiro atoms. The van der Waals surface area contributed by atoms with E-state index in [1.807, 2.05) is 20.2 Å². The molecule has 0 fully saturated rings. The summed E-state index contributed by atoms with van der Waals surface area (Å²) in [4.78, 5) is 27.4. The standard InChI is InChI=1S/C44H79NO5/c1-7-9-15-25-39(26-16-10-8-2)29-23-32-42(46)49-38-44(3,4)34-21-20-31-41(50-43(47)33-24-35-45(5)6)30-19-12-11-13-22-36-48-37-40-27-17-14-18-28-40/h14,17-18,27-28,39,41H,7-13,15-16,19-26,29-38H2,1-6H3. The van der Waals surface area contributed by atoms with Gasteiger partial charge in [0.15, 0.2) is 0 Å². The van der Waals surface area contributed by atoms with E-state index >= 15 is 0 Å². The van der Waals surface area contributed by atoms with Crippen LogP contribution in [0.25, 0.3) is 0 Å². The van der Waals surface area contributed by atoms with E-state index in [0.717, 1.165) is 89.7 Å². The molecule has 6 nitrogen and oxygen atoms in total. The normalized spacial score (nSPS) is 12.5. The first-order chi connectivity index (χ1) is 24.1. The zero-order valence-corrected chi connectivity index (χ0v) is 33.6. The average molecular weight is 702 g/mol. The SMILES string of the molecule is CCCCCC(CCCCC)CCCC(=O)OCC(C)(C)CCCCC(CCCCCCCOCc1ccccc1)OC(=O)CCCN(C)C. The number of hydrogen-bond acceptors (Lipinski definition) is 6. The van der Waals surface area contributed by atoms with Crippen LogP contribution in [0.3, 0.4) is 0 Å². The second-order valence-corrected chi connectivity index (χ2v) is 15.9. The minimum atomic E-state index is -0.0621. The second-order valence-electron chi connectivity index (χ2n) is 15.9. The Kier molecular flexibility index (Phi) is 28.3. The summed E-state index contributed by atoms with van der Waals surface area (Å²) in [6.07, 6.45) is 24.9. The van der Waals surface area contributed by atoms with Crippen LogP contribution < -0.4 is 0 Å². The lowest BCUT2D eigenvalue weighted by Gasteiger charge is -2.25. The van der Waals surface area contributed by atoms with Crippen molar-refractivity contribution in [1.29, 1.82) is 0 Å². The molecule has 0 aliphatic rings. The van der Waals surface area contributed by atoms with Gasteiger partial charge in [-0.3, -0.25) is 9.59 Å². The number of carbonyl (C=O) groups excluding carboxylic acids is 2. The molecule has 0 aliphatic carbocycles. The van der Waals surface area contributed by atoms with Crippen molar-refractivity contribution in [2.45, 2.75) is 188 Å². The van der Waals surface area contributed by atoms with Crippen molar-refractivity contribution in [1.82, 2.24) is 4.90 Å². The van der Waals surface area contributed by atoms with Crippen LogP contribution in [-0.4, -0.2) is 56.8 Å². The van der Waals surface area contributed by atoms with Gasteiger partial charge in [0.1, 0.15) is 6.10 Å². The van der Waals surface area contributed by atoms with Gasteiger partial charge in [-0.1, -0.05) is 135 Å². The summed E-state index contributed by atoms with van der Waals surface area (Å²) in [5.74, 6) is 0.654. The zero-order chi connectivity index (χ0) is 36.7. The lowest BCUT2D eigenvalue weighted by atomic mass is 9.87. The monoisotopic (exact) mass is 702 g/mol. The van der Waals surface area contributed by atoms with Crippen LogP contribution in [0.15, 0.2) is 30.3 Å².